The van der Waals surface area contributed by atoms with Crippen molar-refractivity contribution in [1.29, 1.82) is 0 Å². The molecule has 1 unspecified atom stereocenters. The van der Waals surface area contributed by atoms with Gasteiger partial charge in [0.15, 0.2) is 0 Å². The lowest BCUT2D eigenvalue weighted by Gasteiger charge is -2.16. The summed E-state index contributed by atoms with van der Waals surface area (Å²) in [4.78, 5) is -0.448. The normalized spacial score (nSPS) is 13.9. The second-order valence-electron chi connectivity index (χ2n) is 4.36. The molecule has 0 aromatic heterocycles. The molecular weight excluding hydrogens is 262 g/mol. The zero-order valence-corrected chi connectivity index (χ0v) is 11.0. The Morgan fingerprint density at radius 2 is 1.72 bits per heavy atom. The zero-order chi connectivity index (χ0) is 13.9. The molecule has 102 valence electrons. The first-order valence-corrected chi connectivity index (χ1v) is 6.92. The number of nitrogens with one attached hydrogen (secondary N) is 1. The summed E-state index contributed by atoms with van der Waals surface area (Å²) < 4.78 is 51.6. The minimum absolute atomic E-state index is 0.0120. The fraction of sp³-hybridized carbons (Fsp3) is 0.455. The van der Waals surface area contributed by atoms with E-state index < -0.39 is 26.6 Å². The molecule has 0 heterocycles. The maximum Gasteiger partial charge on any atom is 0.240 e. The van der Waals surface area contributed by atoms with Crippen molar-refractivity contribution in [3.63, 3.8) is 0 Å². The van der Waals surface area contributed by atoms with E-state index in [1.165, 1.54) is 0 Å². The molecule has 0 amide bonds. The van der Waals surface area contributed by atoms with E-state index in [9.17, 15) is 17.2 Å². The molecule has 0 aliphatic carbocycles. The number of rotatable bonds is 5. The number of hydrogen-bond donors (Lipinski definition) is 2. The summed E-state index contributed by atoms with van der Waals surface area (Å²) in [6.45, 7) is 3.71. The monoisotopic (exact) mass is 278 g/mol. The highest BCUT2D eigenvalue weighted by Gasteiger charge is 2.18. The van der Waals surface area contributed by atoms with Crippen LogP contribution in [0.1, 0.15) is 13.8 Å². The van der Waals surface area contributed by atoms with Crippen LogP contribution >= 0.6 is 0 Å². The third-order valence-corrected chi connectivity index (χ3v) is 3.91. The SMILES string of the molecule is CC(C)C(N)CNS(=O)(=O)c1cc(F)cc(F)c1. The van der Waals surface area contributed by atoms with Gasteiger partial charge < -0.3 is 5.73 Å². The molecule has 0 radical (unpaired) electrons. The standard InChI is InChI=1S/C11H16F2N2O2S/c1-7(2)11(14)6-15-18(16,17)10-4-8(12)3-9(13)5-10/h3-5,7,11,15H,6,14H2,1-2H3. The van der Waals surface area contributed by atoms with Crippen LogP contribution in [0, 0.1) is 17.6 Å². The largest absolute Gasteiger partial charge is 0.326 e. The highest BCUT2D eigenvalue weighted by Crippen LogP contribution is 2.13. The summed E-state index contributed by atoms with van der Waals surface area (Å²) in [6, 6.07) is 1.76. The third kappa shape index (κ3) is 4.01. The number of halogens is 2. The molecule has 1 aromatic carbocycles. The fourth-order valence-corrected chi connectivity index (χ4v) is 2.32. The Hall–Kier alpha value is -1.05. The van der Waals surface area contributed by atoms with Gasteiger partial charge in [-0.25, -0.2) is 21.9 Å². The van der Waals surface area contributed by atoms with Crippen molar-refractivity contribution >= 4 is 10.0 Å². The molecule has 0 fully saturated rings. The zero-order valence-electron chi connectivity index (χ0n) is 10.2. The highest BCUT2D eigenvalue weighted by atomic mass is 32.2. The molecule has 3 N–H and O–H groups in total. The molecular formula is C11H16F2N2O2S. The molecule has 1 aromatic rings. The van der Waals surface area contributed by atoms with E-state index in [-0.39, 0.29) is 18.5 Å². The van der Waals surface area contributed by atoms with Crippen molar-refractivity contribution in [2.75, 3.05) is 6.54 Å². The molecule has 1 rings (SSSR count). The predicted octanol–water partition coefficient (Wildman–Crippen LogP) is 1.23. The summed E-state index contributed by atoms with van der Waals surface area (Å²) in [7, 11) is -3.94. The molecule has 18 heavy (non-hydrogen) atoms. The minimum atomic E-state index is -3.94. The van der Waals surface area contributed by atoms with Crippen LogP contribution in [0.5, 0.6) is 0 Å². The van der Waals surface area contributed by atoms with Crippen molar-refractivity contribution in [3.8, 4) is 0 Å². The van der Waals surface area contributed by atoms with Gasteiger partial charge in [-0.05, 0) is 18.1 Å². The summed E-state index contributed by atoms with van der Waals surface area (Å²) >= 11 is 0. The van der Waals surface area contributed by atoms with Crippen LogP contribution in [0.15, 0.2) is 23.1 Å². The molecule has 1 atom stereocenters. The van der Waals surface area contributed by atoms with Crippen LogP contribution in [-0.2, 0) is 10.0 Å². The molecule has 0 bridgehead atoms. The summed E-state index contributed by atoms with van der Waals surface area (Å²) in [6.07, 6.45) is 0. The van der Waals surface area contributed by atoms with Crippen LogP contribution in [0.4, 0.5) is 8.78 Å². The van der Waals surface area contributed by atoms with E-state index in [0.29, 0.717) is 6.07 Å². The molecule has 0 saturated carbocycles. The average molecular weight is 278 g/mol. The summed E-state index contributed by atoms with van der Waals surface area (Å²) in [5.74, 6) is -1.79. The highest BCUT2D eigenvalue weighted by molar-refractivity contribution is 7.89. The van der Waals surface area contributed by atoms with Crippen molar-refractivity contribution in [2.24, 2.45) is 11.7 Å². The molecule has 0 saturated heterocycles. The Kier molecular flexibility index (Phi) is 4.78. The molecule has 0 spiro atoms. The van der Waals surface area contributed by atoms with Crippen LogP contribution in [0.25, 0.3) is 0 Å². The van der Waals surface area contributed by atoms with E-state index in [2.05, 4.69) is 4.72 Å². The van der Waals surface area contributed by atoms with E-state index in [1.54, 1.807) is 0 Å². The van der Waals surface area contributed by atoms with Crippen molar-refractivity contribution < 1.29 is 17.2 Å². The van der Waals surface area contributed by atoms with Gasteiger partial charge in [-0.3, -0.25) is 0 Å². The Morgan fingerprint density at radius 1 is 1.22 bits per heavy atom. The lowest BCUT2D eigenvalue weighted by molar-refractivity contribution is 0.481. The van der Waals surface area contributed by atoms with E-state index in [0.717, 1.165) is 12.1 Å². The third-order valence-electron chi connectivity index (χ3n) is 2.51. The first-order valence-electron chi connectivity index (χ1n) is 5.43. The van der Waals surface area contributed by atoms with Gasteiger partial charge in [0.1, 0.15) is 11.6 Å². The lowest BCUT2D eigenvalue weighted by Crippen LogP contribution is -2.40. The Morgan fingerprint density at radius 3 is 2.17 bits per heavy atom. The van der Waals surface area contributed by atoms with E-state index >= 15 is 0 Å². The maximum atomic E-state index is 12.9. The molecule has 0 aliphatic heterocycles. The van der Waals surface area contributed by atoms with E-state index in [4.69, 9.17) is 5.73 Å². The van der Waals surface area contributed by atoms with Gasteiger partial charge in [0.2, 0.25) is 10.0 Å². The molecule has 7 heteroatoms. The van der Waals surface area contributed by atoms with Crippen molar-refractivity contribution in [2.45, 2.75) is 24.8 Å². The predicted molar refractivity (Wildman–Crippen MR) is 64.4 cm³/mol. The van der Waals surface area contributed by atoms with Crippen LogP contribution < -0.4 is 10.5 Å². The van der Waals surface area contributed by atoms with Gasteiger partial charge in [0.25, 0.3) is 0 Å². The quantitative estimate of drug-likeness (QED) is 0.851. The summed E-state index contributed by atoms with van der Waals surface area (Å²) in [5, 5.41) is 0. The van der Waals surface area contributed by atoms with Crippen LogP contribution in [0.3, 0.4) is 0 Å². The molecule has 4 nitrogen and oxygen atoms in total. The number of hydrogen-bond acceptors (Lipinski definition) is 3. The van der Waals surface area contributed by atoms with Gasteiger partial charge in [0.05, 0.1) is 4.90 Å². The number of nitrogens with two attached hydrogens (primary N) is 1. The second-order valence-corrected chi connectivity index (χ2v) is 6.13. The van der Waals surface area contributed by atoms with E-state index in [1.807, 2.05) is 13.8 Å². The number of sulfonamides is 1. The van der Waals surface area contributed by atoms with Gasteiger partial charge in [0, 0.05) is 18.7 Å². The van der Waals surface area contributed by atoms with Gasteiger partial charge in [-0.15, -0.1) is 0 Å². The smallest absolute Gasteiger partial charge is 0.240 e. The summed E-state index contributed by atoms with van der Waals surface area (Å²) in [5.41, 5.74) is 5.69. The van der Waals surface area contributed by atoms with Crippen LogP contribution in [-0.4, -0.2) is 21.0 Å². The maximum absolute atomic E-state index is 12.9. The average Bonchev–Trinajstić information content (AvgIpc) is 2.24. The first kappa shape index (κ1) is 15.0. The lowest BCUT2D eigenvalue weighted by atomic mass is 10.1. The van der Waals surface area contributed by atoms with Gasteiger partial charge in [-0.1, -0.05) is 13.8 Å². The van der Waals surface area contributed by atoms with Gasteiger partial charge in [-0.2, -0.15) is 0 Å². The first-order chi connectivity index (χ1) is 8.22. The fourth-order valence-electron chi connectivity index (χ4n) is 1.21. The Labute approximate surface area is 105 Å². The van der Waals surface area contributed by atoms with Crippen molar-refractivity contribution in [3.05, 3.63) is 29.8 Å². The second kappa shape index (κ2) is 5.73. The number of benzene rings is 1. The minimum Gasteiger partial charge on any atom is -0.326 e. The Bertz CT molecular complexity index is 498. The van der Waals surface area contributed by atoms with Crippen LogP contribution in [0.2, 0.25) is 0 Å². The molecule has 0 aliphatic rings. The van der Waals surface area contributed by atoms with Crippen molar-refractivity contribution in [1.82, 2.24) is 4.72 Å². The topological polar surface area (TPSA) is 72.2 Å². The van der Waals surface area contributed by atoms with Gasteiger partial charge >= 0.3 is 0 Å². The Balaban J connectivity index is 2.86.